The van der Waals surface area contributed by atoms with Crippen LogP contribution in [0.25, 0.3) is 11.1 Å². The van der Waals surface area contributed by atoms with E-state index in [0.717, 1.165) is 47.3 Å². The Bertz CT molecular complexity index is 1150. The fourth-order valence-corrected chi connectivity index (χ4v) is 5.46. The molecule has 2 aliphatic rings. The van der Waals surface area contributed by atoms with Gasteiger partial charge in [0.05, 0.1) is 23.2 Å². The Hall–Kier alpha value is -2.67. The highest BCUT2D eigenvalue weighted by Gasteiger charge is 2.37. The van der Waals surface area contributed by atoms with Crippen molar-refractivity contribution in [2.75, 3.05) is 22.1 Å². The van der Waals surface area contributed by atoms with Crippen LogP contribution in [-0.4, -0.2) is 38.6 Å². The maximum atomic E-state index is 13.2. The average molecular weight is 455 g/mol. The predicted octanol–water partition coefficient (Wildman–Crippen LogP) is 4.18. The molecule has 1 aliphatic heterocycles. The fraction of sp³-hybridized carbons (Fsp3) is 0.440. The van der Waals surface area contributed by atoms with E-state index in [0.29, 0.717) is 6.54 Å². The van der Waals surface area contributed by atoms with Gasteiger partial charge in [0.2, 0.25) is 11.8 Å². The lowest BCUT2D eigenvalue weighted by Gasteiger charge is -2.43. The van der Waals surface area contributed by atoms with E-state index in [1.165, 1.54) is 0 Å². The fourth-order valence-electron chi connectivity index (χ4n) is 4.57. The van der Waals surface area contributed by atoms with Gasteiger partial charge in [-0.15, -0.1) is 0 Å². The first-order valence-corrected chi connectivity index (χ1v) is 13.1. The van der Waals surface area contributed by atoms with Crippen LogP contribution in [0.5, 0.6) is 0 Å². The molecule has 0 N–H and O–H groups in total. The molecule has 1 saturated carbocycles. The Labute approximate surface area is 190 Å². The number of amides is 2. The van der Waals surface area contributed by atoms with Gasteiger partial charge in [0.15, 0.2) is 9.84 Å². The first-order valence-electron chi connectivity index (χ1n) is 11.2. The first kappa shape index (κ1) is 22.5. The van der Waals surface area contributed by atoms with Crippen LogP contribution < -0.4 is 9.80 Å². The number of hydrogen-bond donors (Lipinski definition) is 0. The summed E-state index contributed by atoms with van der Waals surface area (Å²) in [5.74, 6) is 0.254. The van der Waals surface area contributed by atoms with Crippen molar-refractivity contribution in [2.24, 2.45) is 5.92 Å². The molecule has 0 spiro atoms. The Balaban J connectivity index is 1.75. The van der Waals surface area contributed by atoms with Crippen LogP contribution in [0.3, 0.4) is 0 Å². The van der Waals surface area contributed by atoms with Crippen molar-refractivity contribution in [3.8, 4) is 11.1 Å². The van der Waals surface area contributed by atoms with Gasteiger partial charge < -0.3 is 9.80 Å². The van der Waals surface area contributed by atoms with Crippen LogP contribution in [-0.2, 0) is 25.2 Å². The van der Waals surface area contributed by atoms with Gasteiger partial charge in [-0.1, -0.05) is 43.7 Å². The SMILES string of the molecule is CCS(=O)(=O)Cc1cccc(-c2ccc3c(c2)N(C(=O)C2CCC2)C[C@H](C)N3C(C)=O)c1. The molecule has 4 rings (SSSR count). The third-order valence-electron chi connectivity index (χ3n) is 6.56. The van der Waals surface area contributed by atoms with Crippen LogP contribution in [0.15, 0.2) is 42.5 Å². The number of benzene rings is 2. The summed E-state index contributed by atoms with van der Waals surface area (Å²) in [6, 6.07) is 13.2. The smallest absolute Gasteiger partial charge is 0.230 e. The zero-order valence-electron chi connectivity index (χ0n) is 18.9. The van der Waals surface area contributed by atoms with Crippen LogP contribution >= 0.6 is 0 Å². The monoisotopic (exact) mass is 454 g/mol. The molecular weight excluding hydrogens is 424 g/mol. The van der Waals surface area contributed by atoms with Gasteiger partial charge in [-0.2, -0.15) is 0 Å². The summed E-state index contributed by atoms with van der Waals surface area (Å²) in [6.07, 6.45) is 2.92. The van der Waals surface area contributed by atoms with Crippen LogP contribution in [0, 0.1) is 5.92 Å². The number of nitrogens with zero attached hydrogens (tertiary/aromatic N) is 2. The third-order valence-corrected chi connectivity index (χ3v) is 8.21. The van der Waals surface area contributed by atoms with E-state index in [-0.39, 0.29) is 35.3 Å². The molecule has 32 heavy (non-hydrogen) atoms. The highest BCUT2D eigenvalue weighted by molar-refractivity contribution is 7.90. The van der Waals surface area contributed by atoms with Crippen LogP contribution in [0.1, 0.15) is 45.6 Å². The van der Waals surface area contributed by atoms with E-state index in [4.69, 9.17) is 0 Å². The van der Waals surface area contributed by atoms with Crippen LogP contribution in [0.2, 0.25) is 0 Å². The topological polar surface area (TPSA) is 74.8 Å². The Morgan fingerprint density at radius 2 is 1.75 bits per heavy atom. The predicted molar refractivity (Wildman–Crippen MR) is 127 cm³/mol. The van der Waals surface area contributed by atoms with Crippen molar-refractivity contribution in [2.45, 2.75) is 51.8 Å². The lowest BCUT2D eigenvalue weighted by molar-refractivity contribution is -0.125. The van der Waals surface area contributed by atoms with Gasteiger partial charge in [0.25, 0.3) is 0 Å². The summed E-state index contributed by atoms with van der Waals surface area (Å²) in [7, 11) is -3.13. The summed E-state index contributed by atoms with van der Waals surface area (Å²) in [4.78, 5) is 29.2. The van der Waals surface area contributed by atoms with Crippen molar-refractivity contribution >= 4 is 33.0 Å². The van der Waals surface area contributed by atoms with E-state index < -0.39 is 9.84 Å². The molecule has 1 heterocycles. The van der Waals surface area contributed by atoms with Crippen molar-refractivity contribution in [1.82, 2.24) is 0 Å². The number of rotatable bonds is 5. The highest BCUT2D eigenvalue weighted by Crippen LogP contribution is 2.41. The number of anilines is 2. The van der Waals surface area contributed by atoms with Crippen molar-refractivity contribution < 1.29 is 18.0 Å². The second kappa shape index (κ2) is 8.70. The molecule has 2 amide bonds. The van der Waals surface area contributed by atoms with Gasteiger partial charge in [-0.3, -0.25) is 9.59 Å². The summed E-state index contributed by atoms with van der Waals surface area (Å²) in [5, 5.41) is 0. The first-order chi connectivity index (χ1) is 15.2. The average Bonchev–Trinajstić information content (AvgIpc) is 2.71. The largest absolute Gasteiger partial charge is 0.308 e. The maximum absolute atomic E-state index is 13.2. The summed E-state index contributed by atoms with van der Waals surface area (Å²) < 4.78 is 24.1. The number of carbonyl (C=O) groups is 2. The molecule has 0 unspecified atom stereocenters. The standard InChI is InChI=1S/C25H30N2O4S/c1-4-32(30,31)16-19-7-5-10-21(13-19)22-11-12-23-24(14-22)26(25(29)20-8-6-9-20)15-17(2)27(23)18(3)28/h5,7,10-14,17,20H,4,6,8-9,15-16H2,1-3H3/t17-/m0/s1. The zero-order valence-corrected chi connectivity index (χ0v) is 19.7. The second-order valence-electron chi connectivity index (χ2n) is 8.90. The molecule has 1 atom stereocenters. The minimum atomic E-state index is -3.13. The lowest BCUT2D eigenvalue weighted by Crippen LogP contribution is -2.53. The summed E-state index contributed by atoms with van der Waals surface area (Å²) >= 11 is 0. The molecule has 2 aromatic carbocycles. The molecular formula is C25H30N2O4S. The van der Waals surface area contributed by atoms with Crippen LogP contribution in [0.4, 0.5) is 11.4 Å². The third kappa shape index (κ3) is 4.31. The van der Waals surface area contributed by atoms with E-state index in [1.807, 2.05) is 54.3 Å². The van der Waals surface area contributed by atoms with E-state index in [1.54, 1.807) is 18.7 Å². The normalized spacial score (nSPS) is 18.8. The lowest BCUT2D eigenvalue weighted by atomic mass is 9.84. The van der Waals surface area contributed by atoms with Crippen molar-refractivity contribution in [3.63, 3.8) is 0 Å². The maximum Gasteiger partial charge on any atom is 0.230 e. The summed E-state index contributed by atoms with van der Waals surface area (Å²) in [5.41, 5.74) is 4.02. The van der Waals surface area contributed by atoms with Gasteiger partial charge in [0, 0.05) is 25.1 Å². The number of hydrogen-bond acceptors (Lipinski definition) is 4. The molecule has 170 valence electrons. The molecule has 0 bridgehead atoms. The van der Waals surface area contributed by atoms with Gasteiger partial charge in [0.1, 0.15) is 0 Å². The molecule has 0 saturated heterocycles. The molecule has 6 nitrogen and oxygen atoms in total. The van der Waals surface area contributed by atoms with Gasteiger partial charge in [-0.25, -0.2) is 8.42 Å². The Kier molecular flexibility index (Phi) is 6.12. The Morgan fingerprint density at radius 3 is 2.38 bits per heavy atom. The molecule has 2 aromatic rings. The minimum absolute atomic E-state index is 0.00417. The Morgan fingerprint density at radius 1 is 1.03 bits per heavy atom. The molecule has 7 heteroatoms. The number of sulfone groups is 1. The minimum Gasteiger partial charge on any atom is -0.308 e. The van der Waals surface area contributed by atoms with Crippen molar-refractivity contribution in [1.29, 1.82) is 0 Å². The van der Waals surface area contributed by atoms with Gasteiger partial charge >= 0.3 is 0 Å². The molecule has 1 fully saturated rings. The molecule has 1 aliphatic carbocycles. The molecule has 0 radical (unpaired) electrons. The van der Waals surface area contributed by atoms with Gasteiger partial charge in [-0.05, 0) is 48.6 Å². The zero-order chi connectivity index (χ0) is 23.0. The highest BCUT2D eigenvalue weighted by atomic mass is 32.2. The second-order valence-corrected chi connectivity index (χ2v) is 11.2. The number of fused-ring (bicyclic) bond motifs is 1. The number of carbonyl (C=O) groups excluding carboxylic acids is 2. The quantitative estimate of drug-likeness (QED) is 0.679. The van der Waals surface area contributed by atoms with E-state index in [2.05, 4.69) is 0 Å². The van der Waals surface area contributed by atoms with Crippen molar-refractivity contribution in [3.05, 3.63) is 48.0 Å². The van der Waals surface area contributed by atoms with E-state index >= 15 is 0 Å². The summed E-state index contributed by atoms with van der Waals surface area (Å²) in [6.45, 7) is 5.64. The van der Waals surface area contributed by atoms with E-state index in [9.17, 15) is 18.0 Å². The molecule has 0 aromatic heterocycles.